The van der Waals surface area contributed by atoms with Crippen LogP contribution < -0.4 is 9.47 Å². The third-order valence-electron chi connectivity index (χ3n) is 5.65. The number of aryl methyl sites for hydroxylation is 2. The van der Waals surface area contributed by atoms with Crippen LogP contribution in [0.2, 0.25) is 0 Å². The summed E-state index contributed by atoms with van der Waals surface area (Å²) in [5.74, 6) is 1.60. The van der Waals surface area contributed by atoms with Crippen LogP contribution in [0.4, 0.5) is 0 Å². The maximum Gasteiger partial charge on any atom is 0.227 e. The van der Waals surface area contributed by atoms with Crippen molar-refractivity contribution >= 4 is 16.8 Å². The average molecular weight is 405 g/mol. The third kappa shape index (κ3) is 4.11. The summed E-state index contributed by atoms with van der Waals surface area (Å²) in [5, 5.41) is 1.11. The first-order chi connectivity index (χ1) is 14.6. The molecule has 0 saturated carbocycles. The molecule has 5 nitrogen and oxygen atoms in total. The van der Waals surface area contributed by atoms with E-state index in [0.717, 1.165) is 45.6 Å². The quantitative estimate of drug-likeness (QED) is 0.608. The van der Waals surface area contributed by atoms with Crippen LogP contribution in [0.15, 0.2) is 48.5 Å². The molecule has 1 aromatic heterocycles. The number of carbonyl (C=O) groups is 1. The van der Waals surface area contributed by atoms with E-state index in [-0.39, 0.29) is 12.0 Å². The number of hydrogen-bond donors (Lipinski definition) is 0. The zero-order chi connectivity index (χ0) is 21.1. The van der Waals surface area contributed by atoms with Gasteiger partial charge in [-0.05, 0) is 49.6 Å². The standard InChI is InChI=1S/C25H28N2O3/c1-4-13-27(15-19-16-29-23-11-7-8-12-24(23)30-19)25(28)14-21-17(2)20-9-5-6-10-22(20)26-18(21)3/h5-12,19H,4,13-16H2,1-3H3/t19-/m1/s1. The molecule has 2 heterocycles. The number of fused-ring (bicyclic) bond motifs is 2. The Hall–Kier alpha value is -3.08. The molecule has 1 atom stereocenters. The fraction of sp³-hybridized carbons (Fsp3) is 0.360. The van der Waals surface area contributed by atoms with Crippen LogP contribution in [-0.2, 0) is 11.2 Å². The number of amides is 1. The summed E-state index contributed by atoms with van der Waals surface area (Å²) in [4.78, 5) is 19.9. The molecule has 2 aromatic carbocycles. The highest BCUT2D eigenvalue weighted by atomic mass is 16.6. The first-order valence-corrected chi connectivity index (χ1v) is 10.6. The second kappa shape index (κ2) is 8.74. The van der Waals surface area contributed by atoms with Crippen LogP contribution in [0.1, 0.15) is 30.2 Å². The molecule has 0 spiro atoms. The second-order valence-electron chi connectivity index (χ2n) is 7.83. The smallest absolute Gasteiger partial charge is 0.227 e. The van der Waals surface area contributed by atoms with E-state index in [1.54, 1.807) is 0 Å². The molecule has 1 aliphatic heterocycles. The lowest BCUT2D eigenvalue weighted by Crippen LogP contribution is -2.44. The van der Waals surface area contributed by atoms with Gasteiger partial charge in [0.15, 0.2) is 17.6 Å². The highest BCUT2D eigenvalue weighted by Gasteiger charge is 2.26. The lowest BCUT2D eigenvalue weighted by Gasteiger charge is -2.31. The Labute approximate surface area is 177 Å². The predicted molar refractivity (Wildman–Crippen MR) is 118 cm³/mol. The van der Waals surface area contributed by atoms with Crippen molar-refractivity contribution in [1.82, 2.24) is 9.88 Å². The number of ether oxygens (including phenoxy) is 2. The van der Waals surface area contributed by atoms with Gasteiger partial charge in [-0.3, -0.25) is 9.78 Å². The number of benzene rings is 2. The zero-order valence-corrected chi connectivity index (χ0v) is 17.9. The number of nitrogens with zero attached hydrogens (tertiary/aromatic N) is 2. The van der Waals surface area contributed by atoms with Crippen molar-refractivity contribution in [2.24, 2.45) is 0 Å². The number of aromatic nitrogens is 1. The molecular formula is C25H28N2O3. The van der Waals surface area contributed by atoms with E-state index in [0.29, 0.717) is 26.1 Å². The summed E-state index contributed by atoms with van der Waals surface area (Å²) >= 11 is 0. The van der Waals surface area contributed by atoms with Crippen LogP contribution in [0.3, 0.4) is 0 Å². The molecule has 30 heavy (non-hydrogen) atoms. The topological polar surface area (TPSA) is 51.7 Å². The van der Waals surface area contributed by atoms with E-state index in [2.05, 4.69) is 19.9 Å². The second-order valence-corrected chi connectivity index (χ2v) is 7.83. The van der Waals surface area contributed by atoms with Gasteiger partial charge in [0, 0.05) is 17.6 Å². The highest BCUT2D eigenvalue weighted by molar-refractivity contribution is 5.86. The molecule has 0 fully saturated rings. The molecule has 5 heteroatoms. The molecule has 4 rings (SSSR count). The summed E-state index contributed by atoms with van der Waals surface area (Å²) in [6.07, 6.45) is 1.07. The summed E-state index contributed by atoms with van der Waals surface area (Å²) < 4.78 is 11.9. The number of carbonyl (C=O) groups excluding carboxylic acids is 1. The Kier molecular flexibility index (Phi) is 5.88. The monoisotopic (exact) mass is 404 g/mol. The van der Waals surface area contributed by atoms with Crippen LogP contribution in [0.5, 0.6) is 11.5 Å². The lowest BCUT2D eigenvalue weighted by atomic mass is 9.99. The van der Waals surface area contributed by atoms with Crippen molar-refractivity contribution in [2.45, 2.75) is 39.7 Å². The predicted octanol–water partition coefficient (Wildman–Crippen LogP) is 4.47. The molecule has 3 aromatic rings. The van der Waals surface area contributed by atoms with Gasteiger partial charge in [0.25, 0.3) is 0 Å². The van der Waals surface area contributed by atoms with E-state index in [4.69, 9.17) is 14.5 Å². The molecule has 0 bridgehead atoms. The third-order valence-corrected chi connectivity index (χ3v) is 5.65. The molecule has 156 valence electrons. The Balaban J connectivity index is 1.51. The van der Waals surface area contributed by atoms with Gasteiger partial charge in [-0.1, -0.05) is 37.3 Å². The van der Waals surface area contributed by atoms with Crippen molar-refractivity contribution in [3.63, 3.8) is 0 Å². The molecule has 0 radical (unpaired) electrons. The van der Waals surface area contributed by atoms with Gasteiger partial charge in [0.2, 0.25) is 5.91 Å². The van der Waals surface area contributed by atoms with Gasteiger partial charge >= 0.3 is 0 Å². The van der Waals surface area contributed by atoms with Gasteiger partial charge < -0.3 is 14.4 Å². The minimum absolute atomic E-state index is 0.0996. The Bertz CT molecular complexity index is 1060. The summed E-state index contributed by atoms with van der Waals surface area (Å²) in [7, 11) is 0. The normalized spacial score (nSPS) is 15.2. The average Bonchev–Trinajstić information content (AvgIpc) is 2.76. The largest absolute Gasteiger partial charge is 0.486 e. The van der Waals surface area contributed by atoms with Crippen molar-refractivity contribution in [2.75, 3.05) is 19.7 Å². The first-order valence-electron chi connectivity index (χ1n) is 10.6. The first kappa shape index (κ1) is 20.2. The minimum atomic E-state index is -0.174. The highest BCUT2D eigenvalue weighted by Crippen LogP contribution is 2.31. The Morgan fingerprint density at radius 3 is 2.63 bits per heavy atom. The Morgan fingerprint density at radius 2 is 1.83 bits per heavy atom. The van der Waals surface area contributed by atoms with Crippen molar-refractivity contribution in [1.29, 1.82) is 0 Å². The summed E-state index contributed by atoms with van der Waals surface area (Å²) in [6.45, 7) is 7.81. The van der Waals surface area contributed by atoms with Crippen LogP contribution in [0, 0.1) is 13.8 Å². The van der Waals surface area contributed by atoms with Crippen LogP contribution in [-0.4, -0.2) is 41.6 Å². The molecule has 1 amide bonds. The zero-order valence-electron chi connectivity index (χ0n) is 17.9. The fourth-order valence-corrected chi connectivity index (χ4v) is 4.08. The molecule has 0 aliphatic carbocycles. The lowest BCUT2D eigenvalue weighted by molar-refractivity contribution is -0.132. The van der Waals surface area contributed by atoms with Crippen molar-refractivity contribution in [3.8, 4) is 11.5 Å². The van der Waals surface area contributed by atoms with E-state index in [1.807, 2.05) is 54.3 Å². The van der Waals surface area contributed by atoms with Crippen molar-refractivity contribution < 1.29 is 14.3 Å². The molecule has 0 saturated heterocycles. The molecule has 0 N–H and O–H groups in total. The SMILES string of the molecule is CCCN(C[C@@H]1COc2ccccc2O1)C(=O)Cc1c(C)nc2ccccc2c1C. The van der Waals surface area contributed by atoms with E-state index in [9.17, 15) is 4.79 Å². The van der Waals surface area contributed by atoms with Gasteiger partial charge in [0.05, 0.1) is 18.5 Å². The van der Waals surface area contributed by atoms with Gasteiger partial charge in [-0.15, -0.1) is 0 Å². The number of pyridine rings is 1. The van der Waals surface area contributed by atoms with E-state index < -0.39 is 0 Å². The van der Waals surface area contributed by atoms with Crippen LogP contribution >= 0.6 is 0 Å². The summed E-state index contributed by atoms with van der Waals surface area (Å²) in [5.41, 5.74) is 4.04. The maximum atomic E-state index is 13.3. The molecule has 1 aliphatic rings. The number of hydrogen-bond acceptors (Lipinski definition) is 4. The number of rotatable bonds is 6. The summed E-state index contributed by atoms with van der Waals surface area (Å²) in [6, 6.07) is 15.8. The minimum Gasteiger partial charge on any atom is -0.486 e. The fourth-order valence-electron chi connectivity index (χ4n) is 4.08. The van der Waals surface area contributed by atoms with Gasteiger partial charge in [0.1, 0.15) is 6.61 Å². The van der Waals surface area contributed by atoms with Crippen molar-refractivity contribution in [3.05, 3.63) is 65.4 Å². The van der Waals surface area contributed by atoms with E-state index >= 15 is 0 Å². The van der Waals surface area contributed by atoms with Gasteiger partial charge in [-0.25, -0.2) is 0 Å². The molecule has 0 unspecified atom stereocenters. The Morgan fingerprint density at radius 1 is 1.10 bits per heavy atom. The molecular weight excluding hydrogens is 376 g/mol. The van der Waals surface area contributed by atoms with Gasteiger partial charge in [-0.2, -0.15) is 0 Å². The number of para-hydroxylation sites is 3. The van der Waals surface area contributed by atoms with E-state index in [1.165, 1.54) is 0 Å². The van der Waals surface area contributed by atoms with Crippen LogP contribution in [0.25, 0.3) is 10.9 Å². The maximum absolute atomic E-state index is 13.3.